The molecule has 19 heavy (non-hydrogen) atoms. The summed E-state index contributed by atoms with van der Waals surface area (Å²) < 4.78 is 10.6. The fourth-order valence-corrected chi connectivity index (χ4v) is 1.68. The van der Waals surface area contributed by atoms with Crippen LogP contribution in [-0.2, 0) is 4.79 Å². The summed E-state index contributed by atoms with van der Waals surface area (Å²) >= 11 is 0. The molecule has 5 heteroatoms. The highest BCUT2D eigenvalue weighted by Crippen LogP contribution is 2.22. The van der Waals surface area contributed by atoms with Crippen molar-refractivity contribution >= 4 is 5.91 Å². The fraction of sp³-hybridized carbons (Fsp3) is 0.286. The number of carbonyl (C=O) groups excluding carboxylic acids is 1. The van der Waals surface area contributed by atoms with Gasteiger partial charge in [-0.3, -0.25) is 4.79 Å². The van der Waals surface area contributed by atoms with Gasteiger partial charge in [0, 0.05) is 25.7 Å². The topological polar surface area (TPSA) is 55.6 Å². The molecule has 0 saturated carbocycles. The van der Waals surface area contributed by atoms with E-state index in [0.29, 0.717) is 11.5 Å². The van der Waals surface area contributed by atoms with Crippen LogP contribution in [0.3, 0.4) is 0 Å². The minimum absolute atomic E-state index is 0.0701. The van der Waals surface area contributed by atoms with E-state index >= 15 is 0 Å². The molecule has 0 N–H and O–H groups in total. The van der Waals surface area contributed by atoms with Crippen molar-refractivity contribution < 1.29 is 14.1 Å². The third-order valence-electron chi connectivity index (χ3n) is 2.68. The van der Waals surface area contributed by atoms with Gasteiger partial charge >= 0.3 is 0 Å². The second-order valence-corrected chi connectivity index (χ2v) is 4.39. The Balaban J connectivity index is 2.05. The Morgan fingerprint density at radius 1 is 1.26 bits per heavy atom. The molecule has 1 heterocycles. The van der Waals surface area contributed by atoms with Gasteiger partial charge in [0.2, 0.25) is 0 Å². The summed E-state index contributed by atoms with van der Waals surface area (Å²) in [7, 11) is 3.41. The molecule has 1 amide bonds. The van der Waals surface area contributed by atoms with E-state index in [1.165, 1.54) is 4.90 Å². The van der Waals surface area contributed by atoms with Crippen molar-refractivity contribution in [3.8, 4) is 17.1 Å². The number of amides is 1. The zero-order valence-electron chi connectivity index (χ0n) is 11.2. The number of hydrogen-bond donors (Lipinski definition) is 0. The van der Waals surface area contributed by atoms with E-state index in [1.54, 1.807) is 45.4 Å². The van der Waals surface area contributed by atoms with Gasteiger partial charge in [0.05, 0.1) is 6.20 Å². The van der Waals surface area contributed by atoms with Gasteiger partial charge in [0.25, 0.3) is 5.91 Å². The van der Waals surface area contributed by atoms with Gasteiger partial charge in [-0.2, -0.15) is 0 Å². The van der Waals surface area contributed by atoms with Gasteiger partial charge in [-0.15, -0.1) is 0 Å². The van der Waals surface area contributed by atoms with E-state index < -0.39 is 6.10 Å². The molecule has 1 aromatic carbocycles. The zero-order chi connectivity index (χ0) is 13.8. The molecule has 5 nitrogen and oxygen atoms in total. The molecular formula is C14H16N2O3. The average Bonchev–Trinajstić information content (AvgIpc) is 2.92. The highest BCUT2D eigenvalue weighted by molar-refractivity contribution is 5.80. The van der Waals surface area contributed by atoms with Crippen LogP contribution in [0.4, 0.5) is 0 Å². The Bertz CT molecular complexity index is 532. The summed E-state index contributed by atoms with van der Waals surface area (Å²) in [4.78, 5) is 13.2. The van der Waals surface area contributed by atoms with Gasteiger partial charge in [-0.1, -0.05) is 5.16 Å². The Morgan fingerprint density at radius 3 is 2.47 bits per heavy atom. The van der Waals surface area contributed by atoms with Crippen molar-refractivity contribution in [1.29, 1.82) is 0 Å². The maximum absolute atomic E-state index is 11.7. The van der Waals surface area contributed by atoms with Crippen molar-refractivity contribution in [2.24, 2.45) is 0 Å². The van der Waals surface area contributed by atoms with E-state index in [-0.39, 0.29) is 5.91 Å². The maximum atomic E-state index is 11.7. The Hall–Kier alpha value is -2.30. The van der Waals surface area contributed by atoms with Crippen LogP contribution in [0, 0.1) is 0 Å². The lowest BCUT2D eigenvalue weighted by molar-refractivity contribution is -0.135. The van der Waals surface area contributed by atoms with Gasteiger partial charge in [0.1, 0.15) is 5.75 Å². The zero-order valence-corrected chi connectivity index (χ0v) is 11.2. The predicted molar refractivity (Wildman–Crippen MR) is 70.7 cm³/mol. The van der Waals surface area contributed by atoms with Crippen LogP contribution in [-0.4, -0.2) is 36.2 Å². The van der Waals surface area contributed by atoms with E-state index in [1.807, 2.05) is 12.1 Å². The van der Waals surface area contributed by atoms with Gasteiger partial charge in [0.15, 0.2) is 11.9 Å². The minimum Gasteiger partial charge on any atom is -0.481 e. The van der Waals surface area contributed by atoms with Crippen molar-refractivity contribution in [1.82, 2.24) is 10.1 Å². The molecule has 1 aromatic heterocycles. The molecule has 2 rings (SSSR count). The van der Waals surface area contributed by atoms with Crippen molar-refractivity contribution in [3.05, 3.63) is 36.5 Å². The highest BCUT2D eigenvalue weighted by atomic mass is 16.5. The lowest BCUT2D eigenvalue weighted by atomic mass is 10.2. The highest BCUT2D eigenvalue weighted by Gasteiger charge is 2.16. The SMILES string of the molecule is CC(Oc1ccc(-c2ccno2)cc1)C(=O)N(C)C. The molecule has 0 bridgehead atoms. The Morgan fingerprint density at radius 2 is 1.95 bits per heavy atom. The van der Waals surface area contributed by atoms with Crippen molar-refractivity contribution in [2.45, 2.75) is 13.0 Å². The molecule has 1 atom stereocenters. The number of ether oxygens (including phenoxy) is 1. The first kappa shape index (κ1) is 13.1. The molecule has 0 aliphatic rings. The summed E-state index contributed by atoms with van der Waals surface area (Å²) in [6.07, 6.45) is 1.09. The third kappa shape index (κ3) is 3.13. The Labute approximate surface area is 111 Å². The molecule has 1 unspecified atom stereocenters. The van der Waals surface area contributed by atoms with Gasteiger partial charge < -0.3 is 14.2 Å². The predicted octanol–water partition coefficient (Wildman–Crippen LogP) is 2.20. The van der Waals surface area contributed by atoms with Crippen molar-refractivity contribution in [2.75, 3.05) is 14.1 Å². The maximum Gasteiger partial charge on any atom is 0.262 e. The van der Waals surface area contributed by atoms with E-state index in [2.05, 4.69) is 5.16 Å². The molecule has 2 aromatic rings. The summed E-state index contributed by atoms with van der Waals surface area (Å²) in [5, 5.41) is 3.66. The average molecular weight is 260 g/mol. The second kappa shape index (κ2) is 5.56. The lowest BCUT2D eigenvalue weighted by Crippen LogP contribution is -2.35. The summed E-state index contributed by atoms with van der Waals surface area (Å²) in [6.45, 7) is 1.73. The molecule has 0 aliphatic heterocycles. The van der Waals surface area contributed by atoms with E-state index in [0.717, 1.165) is 5.56 Å². The van der Waals surface area contributed by atoms with Crippen LogP contribution in [0.15, 0.2) is 41.1 Å². The smallest absolute Gasteiger partial charge is 0.262 e. The second-order valence-electron chi connectivity index (χ2n) is 4.39. The number of rotatable bonds is 4. The first-order valence-electron chi connectivity index (χ1n) is 5.97. The first-order chi connectivity index (χ1) is 9.08. The number of benzene rings is 1. The van der Waals surface area contributed by atoms with E-state index in [4.69, 9.17) is 9.26 Å². The number of carbonyl (C=O) groups is 1. The summed E-state index contributed by atoms with van der Waals surface area (Å²) in [5.74, 6) is 1.27. The molecule has 0 radical (unpaired) electrons. The van der Waals surface area contributed by atoms with Crippen LogP contribution < -0.4 is 4.74 Å². The van der Waals surface area contributed by atoms with Crippen LogP contribution >= 0.6 is 0 Å². The molecule has 0 saturated heterocycles. The van der Waals surface area contributed by atoms with Crippen LogP contribution in [0.25, 0.3) is 11.3 Å². The standard InChI is InChI=1S/C14H16N2O3/c1-10(14(17)16(2)3)18-12-6-4-11(5-7-12)13-8-9-15-19-13/h4-10H,1-3H3. The van der Waals surface area contributed by atoms with Crippen LogP contribution in [0.1, 0.15) is 6.92 Å². The normalized spacial score (nSPS) is 11.9. The van der Waals surface area contributed by atoms with Crippen molar-refractivity contribution in [3.63, 3.8) is 0 Å². The number of nitrogens with zero attached hydrogens (tertiary/aromatic N) is 2. The lowest BCUT2D eigenvalue weighted by Gasteiger charge is -2.18. The van der Waals surface area contributed by atoms with Crippen LogP contribution in [0.5, 0.6) is 5.75 Å². The largest absolute Gasteiger partial charge is 0.481 e. The fourth-order valence-electron chi connectivity index (χ4n) is 1.68. The summed E-state index contributed by atoms with van der Waals surface area (Å²) in [5.41, 5.74) is 0.913. The number of aromatic nitrogens is 1. The number of likely N-dealkylation sites (N-methyl/N-ethyl adjacent to an activating group) is 1. The Kier molecular flexibility index (Phi) is 3.85. The third-order valence-corrected chi connectivity index (χ3v) is 2.68. The molecule has 100 valence electrons. The monoisotopic (exact) mass is 260 g/mol. The van der Waals surface area contributed by atoms with Gasteiger partial charge in [-0.05, 0) is 31.2 Å². The number of hydrogen-bond acceptors (Lipinski definition) is 4. The minimum atomic E-state index is -0.508. The van der Waals surface area contributed by atoms with Gasteiger partial charge in [-0.25, -0.2) is 0 Å². The van der Waals surface area contributed by atoms with E-state index in [9.17, 15) is 4.79 Å². The quantitative estimate of drug-likeness (QED) is 0.845. The molecule has 0 spiro atoms. The molecule has 0 fully saturated rings. The molecular weight excluding hydrogens is 244 g/mol. The molecule has 0 aliphatic carbocycles. The first-order valence-corrected chi connectivity index (χ1v) is 5.97. The van der Waals surface area contributed by atoms with Crippen LogP contribution in [0.2, 0.25) is 0 Å². The summed E-state index contributed by atoms with van der Waals surface area (Å²) in [6, 6.07) is 9.12.